The SMILES string of the molecule is CCOc1cc(OC)ccc1CNCC(=O)N1CCCC(c2cccc(C(=O)NCC(=O)N3CCN(CC4CCN(CC(=O)N5CCN(C(=O)c6cc(Cc7n[nH]c(=O)c8ccccc78)ccc6F)CC5)CC4)CC3)c2)C1. The predicted octanol–water partition coefficient (Wildman–Crippen LogP) is 4.13. The average Bonchev–Trinajstić information content (AvgIpc) is 3.47. The number of ether oxygens (including phenoxy) is 2. The molecule has 1 atom stereocenters. The van der Waals surface area contributed by atoms with Crippen LogP contribution in [0.3, 0.4) is 0 Å². The highest BCUT2D eigenvalue weighted by Gasteiger charge is 2.31. The molecule has 4 fully saturated rings. The third kappa shape index (κ3) is 13.9. The van der Waals surface area contributed by atoms with Crippen LogP contribution >= 0.6 is 0 Å². The molecule has 4 aliphatic rings. The third-order valence-electron chi connectivity index (χ3n) is 15.6. The molecule has 0 bridgehead atoms. The van der Waals surface area contributed by atoms with Gasteiger partial charge >= 0.3 is 0 Å². The van der Waals surface area contributed by atoms with Crippen molar-refractivity contribution in [2.45, 2.75) is 51.5 Å². The minimum absolute atomic E-state index is 0.0258. The molecule has 5 heterocycles. The standard InChI is InChI=1S/C58H71FN10O8/c1-3-77-52-33-46(76-2)15-14-44(52)34-60-35-53(70)69-19-7-10-45(38-69)42-8-6-9-43(32-42)56(73)61-36-54(71)66-24-22-65(23-25-66)37-40-17-20-64(21-18-40)39-55(72)67-26-28-68(29-27-67)58(75)49-30-41(13-16-50(49)59)31-51-47-11-4-5-12-48(47)57(74)63-62-51/h4-6,8-9,11-16,30,32-33,40,45,60H,3,7,10,17-29,31,34-39H2,1-2H3,(H,61,73)(H,63,74). The van der Waals surface area contributed by atoms with E-state index in [4.69, 9.17) is 9.47 Å². The highest BCUT2D eigenvalue weighted by Crippen LogP contribution is 2.29. The van der Waals surface area contributed by atoms with E-state index in [9.17, 15) is 28.8 Å². The van der Waals surface area contributed by atoms with Gasteiger partial charge < -0.3 is 39.7 Å². The fourth-order valence-corrected chi connectivity index (χ4v) is 11.1. The molecule has 77 heavy (non-hydrogen) atoms. The highest BCUT2D eigenvalue weighted by molar-refractivity contribution is 5.97. The van der Waals surface area contributed by atoms with Crippen LogP contribution in [0.4, 0.5) is 4.39 Å². The van der Waals surface area contributed by atoms with Crippen molar-refractivity contribution in [1.29, 1.82) is 0 Å². The average molecular weight is 1060 g/mol. The molecule has 18 nitrogen and oxygen atoms in total. The van der Waals surface area contributed by atoms with E-state index in [1.165, 1.54) is 6.07 Å². The molecule has 5 aromatic rings. The van der Waals surface area contributed by atoms with Gasteiger partial charge in [0, 0.05) is 113 Å². The van der Waals surface area contributed by atoms with Gasteiger partial charge in [-0.05, 0) is 99.1 Å². The number of nitrogens with zero attached hydrogens (tertiary/aromatic N) is 7. The van der Waals surface area contributed by atoms with Crippen LogP contribution in [0.25, 0.3) is 10.8 Å². The summed E-state index contributed by atoms with van der Waals surface area (Å²) in [5.74, 6) is 0.630. The number of hydrogen-bond donors (Lipinski definition) is 3. The van der Waals surface area contributed by atoms with Crippen LogP contribution in [-0.2, 0) is 27.3 Å². The second-order valence-electron chi connectivity index (χ2n) is 20.6. The summed E-state index contributed by atoms with van der Waals surface area (Å²) in [7, 11) is 1.62. The molecule has 0 radical (unpaired) electrons. The van der Waals surface area contributed by atoms with Crippen molar-refractivity contribution in [3.8, 4) is 11.5 Å². The molecule has 1 aromatic heterocycles. The van der Waals surface area contributed by atoms with Crippen LogP contribution in [0, 0.1) is 11.7 Å². The molecule has 5 amide bonds. The quantitative estimate of drug-likeness (QED) is 0.114. The topological polar surface area (TPSA) is 193 Å². The number of piperidine rings is 2. The number of amides is 5. The lowest BCUT2D eigenvalue weighted by atomic mass is 9.89. The Balaban J connectivity index is 0.648. The first-order chi connectivity index (χ1) is 37.4. The van der Waals surface area contributed by atoms with E-state index >= 15 is 4.39 Å². The maximum atomic E-state index is 15.1. The van der Waals surface area contributed by atoms with E-state index in [0.717, 1.165) is 75.3 Å². The number of fused-ring (bicyclic) bond motifs is 1. The van der Waals surface area contributed by atoms with Crippen molar-refractivity contribution >= 4 is 40.3 Å². The zero-order chi connectivity index (χ0) is 53.8. The molecular weight excluding hydrogens is 984 g/mol. The number of hydrogen-bond acceptors (Lipinski definition) is 12. The highest BCUT2D eigenvalue weighted by atomic mass is 19.1. The Morgan fingerprint density at radius 1 is 0.727 bits per heavy atom. The number of carbonyl (C=O) groups is 5. The number of aromatic amines is 1. The predicted molar refractivity (Wildman–Crippen MR) is 289 cm³/mol. The molecule has 19 heteroatoms. The lowest BCUT2D eigenvalue weighted by molar-refractivity contribution is -0.134. The summed E-state index contributed by atoms with van der Waals surface area (Å²) < 4.78 is 26.2. The molecule has 3 N–H and O–H groups in total. The fraction of sp³-hybridized carbons (Fsp3) is 0.466. The Morgan fingerprint density at radius 2 is 1.45 bits per heavy atom. The number of aromatic nitrogens is 2. The van der Waals surface area contributed by atoms with E-state index in [-0.39, 0.29) is 53.8 Å². The number of halogens is 1. The first-order valence-corrected chi connectivity index (χ1v) is 27.1. The van der Waals surface area contributed by atoms with Gasteiger partial charge in [0.2, 0.25) is 17.7 Å². The van der Waals surface area contributed by atoms with E-state index in [2.05, 4.69) is 30.6 Å². The van der Waals surface area contributed by atoms with Crippen LogP contribution < -0.4 is 25.7 Å². The zero-order valence-corrected chi connectivity index (χ0v) is 44.3. The summed E-state index contributed by atoms with van der Waals surface area (Å²) >= 11 is 0. The largest absolute Gasteiger partial charge is 0.497 e. The number of rotatable bonds is 18. The van der Waals surface area contributed by atoms with E-state index < -0.39 is 11.7 Å². The molecule has 0 spiro atoms. The molecule has 4 aromatic carbocycles. The Morgan fingerprint density at radius 3 is 2.22 bits per heavy atom. The summed E-state index contributed by atoms with van der Waals surface area (Å²) in [6, 6.07) is 24.8. The smallest absolute Gasteiger partial charge is 0.272 e. The van der Waals surface area contributed by atoms with Crippen LogP contribution in [0.5, 0.6) is 11.5 Å². The first-order valence-electron chi connectivity index (χ1n) is 27.1. The van der Waals surface area contributed by atoms with Crippen LogP contribution in [0.1, 0.15) is 81.6 Å². The lowest BCUT2D eigenvalue weighted by Gasteiger charge is -2.39. The van der Waals surface area contributed by atoms with Crippen molar-refractivity contribution < 1.29 is 37.8 Å². The van der Waals surface area contributed by atoms with Crippen molar-refractivity contribution in [2.75, 3.05) is 118 Å². The molecule has 4 aliphatic heterocycles. The summed E-state index contributed by atoms with van der Waals surface area (Å²) in [5, 5.41) is 14.1. The minimum atomic E-state index is -0.612. The van der Waals surface area contributed by atoms with Crippen molar-refractivity contribution in [3.05, 3.63) is 135 Å². The summed E-state index contributed by atoms with van der Waals surface area (Å²) in [5.41, 5.74) is 3.43. The van der Waals surface area contributed by atoms with E-state index in [0.29, 0.717) is 118 Å². The van der Waals surface area contributed by atoms with Crippen LogP contribution in [0.15, 0.2) is 89.7 Å². The number of methoxy groups -OCH3 is 1. The van der Waals surface area contributed by atoms with Gasteiger partial charge in [0.1, 0.15) is 17.3 Å². The van der Waals surface area contributed by atoms with E-state index in [1.54, 1.807) is 47.2 Å². The number of piperazine rings is 2. The van der Waals surface area contributed by atoms with Gasteiger partial charge in [-0.15, -0.1) is 0 Å². The van der Waals surface area contributed by atoms with Gasteiger partial charge in [0.25, 0.3) is 17.4 Å². The molecule has 408 valence electrons. The monoisotopic (exact) mass is 1050 g/mol. The molecule has 9 rings (SSSR count). The Hall–Kier alpha value is -7.22. The number of nitrogens with one attached hydrogen (secondary N) is 3. The lowest BCUT2D eigenvalue weighted by Crippen LogP contribution is -2.54. The maximum absolute atomic E-state index is 15.1. The molecule has 0 aliphatic carbocycles. The summed E-state index contributed by atoms with van der Waals surface area (Å²) in [4.78, 5) is 91.0. The molecular formula is C58H71FN10O8. The molecule has 0 saturated carbocycles. The third-order valence-corrected chi connectivity index (χ3v) is 15.6. The molecule has 4 saturated heterocycles. The first kappa shape index (κ1) is 54.6. The van der Waals surface area contributed by atoms with Gasteiger partial charge in [-0.1, -0.05) is 42.5 Å². The van der Waals surface area contributed by atoms with Crippen LogP contribution in [-0.4, -0.2) is 188 Å². The van der Waals surface area contributed by atoms with Gasteiger partial charge in [0.05, 0.1) is 50.0 Å². The summed E-state index contributed by atoms with van der Waals surface area (Å²) in [6.45, 7) is 11.2. The number of likely N-dealkylation sites (tertiary alicyclic amines) is 2. The normalized spacial score (nSPS) is 17.8. The number of H-pyrrole nitrogens is 1. The molecule has 1 unspecified atom stereocenters. The van der Waals surface area contributed by atoms with Crippen molar-refractivity contribution in [3.63, 3.8) is 0 Å². The van der Waals surface area contributed by atoms with Crippen molar-refractivity contribution in [1.82, 2.24) is 50.2 Å². The van der Waals surface area contributed by atoms with Gasteiger partial charge in [0.15, 0.2) is 0 Å². The Kier molecular flexibility index (Phi) is 18.2. The number of benzene rings is 4. The van der Waals surface area contributed by atoms with E-state index in [1.807, 2.05) is 65.3 Å². The fourth-order valence-electron chi connectivity index (χ4n) is 11.1. The minimum Gasteiger partial charge on any atom is -0.497 e. The summed E-state index contributed by atoms with van der Waals surface area (Å²) in [6.07, 6.45) is 4.02. The number of carbonyl (C=O) groups excluding carboxylic acids is 5. The van der Waals surface area contributed by atoms with Crippen LogP contribution in [0.2, 0.25) is 0 Å². The zero-order valence-electron chi connectivity index (χ0n) is 44.3. The Bertz CT molecular complexity index is 2970. The van der Waals surface area contributed by atoms with Gasteiger partial charge in [-0.25, -0.2) is 9.49 Å². The Labute approximate surface area is 448 Å². The van der Waals surface area contributed by atoms with Gasteiger partial charge in [-0.3, -0.25) is 38.6 Å². The van der Waals surface area contributed by atoms with Gasteiger partial charge in [-0.2, -0.15) is 5.10 Å². The van der Waals surface area contributed by atoms with Crippen molar-refractivity contribution in [2.24, 2.45) is 5.92 Å². The second kappa shape index (κ2) is 25.7. The maximum Gasteiger partial charge on any atom is 0.272 e. The second-order valence-corrected chi connectivity index (χ2v) is 20.6.